The molecule has 1 saturated carbocycles. The van der Waals surface area contributed by atoms with Gasteiger partial charge in [0, 0.05) is 18.0 Å². The van der Waals surface area contributed by atoms with E-state index in [0.717, 1.165) is 29.2 Å². The van der Waals surface area contributed by atoms with Crippen LogP contribution in [0.3, 0.4) is 0 Å². The number of hydrogen-bond donors (Lipinski definition) is 1. The Morgan fingerprint density at radius 3 is 2.30 bits per heavy atom. The first kappa shape index (κ1) is 21.2. The van der Waals surface area contributed by atoms with Crippen LogP contribution >= 0.6 is 0 Å². The third kappa shape index (κ3) is 5.28. The van der Waals surface area contributed by atoms with Crippen molar-refractivity contribution in [2.24, 2.45) is 5.92 Å². The van der Waals surface area contributed by atoms with E-state index in [-0.39, 0.29) is 30.0 Å². The second kappa shape index (κ2) is 8.44. The van der Waals surface area contributed by atoms with E-state index in [0.29, 0.717) is 0 Å². The molecule has 1 N–H and O–H groups in total. The van der Waals surface area contributed by atoms with Crippen LogP contribution in [0.1, 0.15) is 27.9 Å². The number of amides is 2. The van der Waals surface area contributed by atoms with Gasteiger partial charge in [0.25, 0.3) is 5.91 Å². The Bertz CT molecular complexity index is 970. The van der Waals surface area contributed by atoms with Gasteiger partial charge in [-0.15, -0.1) is 0 Å². The van der Waals surface area contributed by atoms with E-state index in [4.69, 9.17) is 5.26 Å². The van der Waals surface area contributed by atoms with Gasteiger partial charge < -0.3 is 4.90 Å². The minimum atomic E-state index is -4.54. The summed E-state index contributed by atoms with van der Waals surface area (Å²) in [4.78, 5) is 33.7. The predicted octanol–water partition coefficient (Wildman–Crippen LogP) is 2.81. The third-order valence-corrected chi connectivity index (χ3v) is 4.40. The lowest BCUT2D eigenvalue weighted by Gasteiger charge is -2.22. The van der Waals surface area contributed by atoms with Crippen molar-refractivity contribution in [2.75, 3.05) is 18.4 Å². The van der Waals surface area contributed by atoms with Crippen LogP contribution in [0.25, 0.3) is 0 Å². The molecule has 0 aliphatic heterocycles. The molecule has 2 aromatic rings. The van der Waals surface area contributed by atoms with Crippen LogP contribution in [-0.2, 0) is 11.0 Å². The normalized spacial score (nSPS) is 17.7. The van der Waals surface area contributed by atoms with Gasteiger partial charge in [0.15, 0.2) is 0 Å². The number of carbonyl (C=O) groups excluding carboxylic acids is 2. The van der Waals surface area contributed by atoms with Crippen molar-refractivity contribution in [3.05, 3.63) is 53.3 Å². The second-order valence-electron chi connectivity index (χ2n) is 6.73. The van der Waals surface area contributed by atoms with Gasteiger partial charge in [0.05, 0.1) is 23.5 Å². The molecule has 156 valence electrons. The number of alkyl halides is 4. The molecule has 1 fully saturated rings. The number of halogens is 4. The summed E-state index contributed by atoms with van der Waals surface area (Å²) in [5, 5.41) is 11.1. The molecule has 11 heteroatoms. The Morgan fingerprint density at radius 1 is 1.20 bits per heavy atom. The number of hydrogen-bond acceptors (Lipinski definition) is 5. The highest BCUT2D eigenvalue weighted by molar-refractivity contribution is 5.98. The third-order valence-electron chi connectivity index (χ3n) is 4.40. The molecular weight excluding hydrogens is 406 g/mol. The van der Waals surface area contributed by atoms with Gasteiger partial charge in [-0.2, -0.15) is 18.4 Å². The lowest BCUT2D eigenvalue weighted by molar-refractivity contribution is -0.137. The molecule has 0 spiro atoms. The standard InChI is InChI=1S/C19H15F4N5O2/c20-15-5-13(15)9-28(10-16(29)27-18-25-7-11(6-24)8-26-18)17(30)12-1-3-14(4-2-12)19(21,22)23/h1-4,7-8,13,15H,5,9-10H2,(H,25,26,27,29)/t13?,15-/m1/s1. The van der Waals surface area contributed by atoms with Gasteiger partial charge >= 0.3 is 6.18 Å². The Kier molecular flexibility index (Phi) is 5.96. The molecule has 2 atom stereocenters. The van der Waals surface area contributed by atoms with Gasteiger partial charge in [-0.25, -0.2) is 14.4 Å². The van der Waals surface area contributed by atoms with Gasteiger partial charge in [0.2, 0.25) is 11.9 Å². The Hall–Kier alpha value is -3.55. The SMILES string of the molecule is N#Cc1cnc(NC(=O)CN(CC2C[C@H]2F)C(=O)c2ccc(C(F)(F)F)cc2)nc1. The Labute approximate surface area is 168 Å². The van der Waals surface area contributed by atoms with Crippen LogP contribution < -0.4 is 5.32 Å². The number of nitrogens with one attached hydrogen (secondary N) is 1. The van der Waals surface area contributed by atoms with Gasteiger partial charge in [-0.1, -0.05) is 0 Å². The zero-order valence-electron chi connectivity index (χ0n) is 15.4. The van der Waals surface area contributed by atoms with Gasteiger partial charge in [-0.05, 0) is 30.7 Å². The average Bonchev–Trinajstić information content (AvgIpc) is 3.41. The molecule has 1 aromatic heterocycles. The molecule has 0 radical (unpaired) electrons. The van der Waals surface area contributed by atoms with Crippen molar-refractivity contribution in [1.29, 1.82) is 5.26 Å². The molecule has 3 rings (SSSR count). The van der Waals surface area contributed by atoms with Crippen LogP contribution in [0.2, 0.25) is 0 Å². The van der Waals surface area contributed by atoms with E-state index >= 15 is 0 Å². The molecule has 1 aromatic carbocycles. The maximum absolute atomic E-state index is 13.3. The molecule has 7 nitrogen and oxygen atoms in total. The maximum Gasteiger partial charge on any atom is 0.416 e. The van der Waals surface area contributed by atoms with Crippen molar-refractivity contribution in [2.45, 2.75) is 18.8 Å². The number of anilines is 1. The van der Waals surface area contributed by atoms with E-state index in [9.17, 15) is 27.2 Å². The van der Waals surface area contributed by atoms with E-state index in [1.165, 1.54) is 12.4 Å². The first-order valence-electron chi connectivity index (χ1n) is 8.80. The highest BCUT2D eigenvalue weighted by Crippen LogP contribution is 2.35. The number of benzene rings is 1. The molecule has 1 aliphatic rings. The average molecular weight is 421 g/mol. The molecule has 0 bridgehead atoms. The summed E-state index contributed by atoms with van der Waals surface area (Å²) in [5.74, 6) is -1.88. The fourth-order valence-electron chi connectivity index (χ4n) is 2.67. The van der Waals surface area contributed by atoms with Crippen molar-refractivity contribution in [3.8, 4) is 6.07 Å². The highest BCUT2D eigenvalue weighted by atomic mass is 19.4. The van der Waals surface area contributed by atoms with Crippen LogP contribution in [0.15, 0.2) is 36.7 Å². The molecule has 1 unspecified atom stereocenters. The Balaban J connectivity index is 1.71. The number of aromatic nitrogens is 2. The summed E-state index contributed by atoms with van der Waals surface area (Å²) in [6.45, 7) is -0.519. The quantitative estimate of drug-likeness (QED) is 0.724. The van der Waals surface area contributed by atoms with Gasteiger partial charge in [0.1, 0.15) is 18.8 Å². The van der Waals surface area contributed by atoms with Crippen LogP contribution in [0, 0.1) is 17.2 Å². The zero-order chi connectivity index (χ0) is 21.9. The summed E-state index contributed by atoms with van der Waals surface area (Å²) in [6.07, 6.45) is -2.98. The first-order valence-corrected chi connectivity index (χ1v) is 8.80. The van der Waals surface area contributed by atoms with Crippen molar-refractivity contribution in [1.82, 2.24) is 14.9 Å². The smallest absolute Gasteiger partial charge is 0.329 e. The molecule has 1 heterocycles. The van der Waals surface area contributed by atoms with E-state index in [1.807, 2.05) is 6.07 Å². The zero-order valence-corrected chi connectivity index (χ0v) is 15.4. The van der Waals surface area contributed by atoms with Gasteiger partial charge in [-0.3, -0.25) is 14.9 Å². The van der Waals surface area contributed by atoms with Crippen molar-refractivity contribution >= 4 is 17.8 Å². The lowest BCUT2D eigenvalue weighted by Crippen LogP contribution is -2.39. The number of carbonyl (C=O) groups is 2. The molecule has 1 aliphatic carbocycles. The fourth-order valence-corrected chi connectivity index (χ4v) is 2.67. The van der Waals surface area contributed by atoms with Crippen LogP contribution in [-0.4, -0.2) is 45.9 Å². The maximum atomic E-state index is 13.3. The molecule has 0 saturated heterocycles. The van der Waals surface area contributed by atoms with Crippen molar-refractivity contribution < 1.29 is 27.2 Å². The monoisotopic (exact) mass is 421 g/mol. The number of rotatable bonds is 6. The molecular formula is C19H15F4N5O2. The highest BCUT2D eigenvalue weighted by Gasteiger charge is 2.40. The number of nitriles is 1. The van der Waals surface area contributed by atoms with Crippen molar-refractivity contribution in [3.63, 3.8) is 0 Å². The summed E-state index contributed by atoms with van der Waals surface area (Å²) in [5.41, 5.74) is -0.774. The van der Waals surface area contributed by atoms with Crippen LogP contribution in [0.5, 0.6) is 0 Å². The van der Waals surface area contributed by atoms with Crippen LogP contribution in [0.4, 0.5) is 23.5 Å². The minimum Gasteiger partial charge on any atom is -0.329 e. The van der Waals surface area contributed by atoms with E-state index in [1.54, 1.807) is 0 Å². The lowest BCUT2D eigenvalue weighted by atomic mass is 10.1. The molecule has 2 amide bonds. The first-order chi connectivity index (χ1) is 14.2. The predicted molar refractivity (Wildman–Crippen MR) is 95.7 cm³/mol. The second-order valence-corrected chi connectivity index (χ2v) is 6.73. The summed E-state index contributed by atoms with van der Waals surface area (Å²) in [6, 6.07) is 5.39. The summed E-state index contributed by atoms with van der Waals surface area (Å²) in [7, 11) is 0. The molecule has 30 heavy (non-hydrogen) atoms. The fraction of sp³-hybridized carbons (Fsp3) is 0.316. The topological polar surface area (TPSA) is 99.0 Å². The summed E-state index contributed by atoms with van der Waals surface area (Å²) >= 11 is 0. The van der Waals surface area contributed by atoms with E-state index in [2.05, 4.69) is 15.3 Å². The Morgan fingerprint density at radius 2 is 1.80 bits per heavy atom. The summed E-state index contributed by atoms with van der Waals surface area (Å²) < 4.78 is 51.5. The minimum absolute atomic E-state index is 0.0529. The number of nitrogens with zero attached hydrogens (tertiary/aromatic N) is 4. The largest absolute Gasteiger partial charge is 0.416 e. The van der Waals surface area contributed by atoms with E-state index < -0.39 is 42.2 Å².